The van der Waals surface area contributed by atoms with Gasteiger partial charge in [-0.2, -0.15) is 0 Å². The average molecular weight is 445 g/mol. The number of hydrogen-bond acceptors (Lipinski definition) is 7. The lowest BCUT2D eigenvalue weighted by Gasteiger charge is -2.34. The van der Waals surface area contributed by atoms with Crippen molar-refractivity contribution in [3.8, 4) is 0 Å². The Labute approximate surface area is 188 Å². The van der Waals surface area contributed by atoms with E-state index >= 15 is 0 Å². The molecule has 0 spiro atoms. The number of furan rings is 1. The summed E-state index contributed by atoms with van der Waals surface area (Å²) in [6, 6.07) is 9.24. The third-order valence-electron chi connectivity index (χ3n) is 4.48. The maximum atomic E-state index is 13.4. The summed E-state index contributed by atoms with van der Waals surface area (Å²) in [6.07, 6.45) is 0.0784. The van der Waals surface area contributed by atoms with E-state index in [0.29, 0.717) is 0 Å². The number of anilines is 2. The molecule has 8 heteroatoms. The number of methoxy groups -OCH3 is 2. The number of nitrogens with zero attached hydrogens (tertiary/aromatic N) is 1. The first-order chi connectivity index (χ1) is 14.8. The van der Waals surface area contributed by atoms with Gasteiger partial charge in [-0.15, -0.1) is 0 Å². The molecule has 0 aliphatic carbocycles. The van der Waals surface area contributed by atoms with Gasteiger partial charge in [0, 0.05) is 11.1 Å². The molecule has 0 atom stereocenters. The van der Waals surface area contributed by atoms with Gasteiger partial charge in [0.1, 0.15) is 11.1 Å². The number of carbonyl (C=O) groups is 3. The van der Waals surface area contributed by atoms with Gasteiger partial charge < -0.3 is 19.2 Å². The van der Waals surface area contributed by atoms with Crippen LogP contribution < -0.4 is 10.2 Å². The summed E-state index contributed by atoms with van der Waals surface area (Å²) in [5.41, 5.74) is -0.766. The zero-order valence-electron chi connectivity index (χ0n) is 20.0. The number of amides is 1. The topological polar surface area (TPSA) is 98.1 Å². The molecule has 2 aromatic rings. The van der Waals surface area contributed by atoms with Gasteiger partial charge in [0.15, 0.2) is 0 Å². The van der Waals surface area contributed by atoms with Crippen molar-refractivity contribution in [2.75, 3.05) is 24.4 Å². The summed E-state index contributed by atoms with van der Waals surface area (Å²) < 4.78 is 15.9. The van der Waals surface area contributed by atoms with E-state index < -0.39 is 23.0 Å². The van der Waals surface area contributed by atoms with Gasteiger partial charge in [-0.3, -0.25) is 9.69 Å². The van der Waals surface area contributed by atoms with Gasteiger partial charge in [-0.1, -0.05) is 30.3 Å². The Bertz CT molecular complexity index is 980. The van der Waals surface area contributed by atoms with Gasteiger partial charge in [0.2, 0.25) is 17.7 Å². The van der Waals surface area contributed by atoms with Gasteiger partial charge in [-0.05, 0) is 47.1 Å². The van der Waals surface area contributed by atoms with E-state index in [-0.39, 0.29) is 35.2 Å². The van der Waals surface area contributed by atoms with Gasteiger partial charge in [0.05, 0.1) is 20.6 Å². The van der Waals surface area contributed by atoms with Crippen molar-refractivity contribution in [3.05, 3.63) is 47.0 Å². The third-order valence-corrected chi connectivity index (χ3v) is 4.48. The molecule has 32 heavy (non-hydrogen) atoms. The second-order valence-electron chi connectivity index (χ2n) is 9.41. The molecule has 2 rings (SSSR count). The molecule has 0 saturated heterocycles. The predicted octanol–water partition coefficient (Wildman–Crippen LogP) is 4.44. The van der Waals surface area contributed by atoms with Crippen LogP contribution in [0.5, 0.6) is 0 Å². The molecule has 1 aromatic heterocycles. The third kappa shape index (κ3) is 5.69. The minimum absolute atomic E-state index is 0.0292. The summed E-state index contributed by atoms with van der Waals surface area (Å²) in [6.45, 7) is 11.1. The van der Waals surface area contributed by atoms with Crippen LogP contribution in [0.15, 0.2) is 34.7 Å². The van der Waals surface area contributed by atoms with E-state index in [4.69, 9.17) is 13.9 Å². The zero-order chi connectivity index (χ0) is 24.3. The lowest BCUT2D eigenvalue weighted by molar-refractivity contribution is -0.119. The number of ether oxygens (including phenoxy) is 2. The van der Waals surface area contributed by atoms with Crippen LogP contribution in [0.1, 0.15) is 67.8 Å². The van der Waals surface area contributed by atoms with Crippen LogP contribution in [0.3, 0.4) is 0 Å². The smallest absolute Gasteiger partial charge is 0.344 e. The van der Waals surface area contributed by atoms with Crippen LogP contribution in [-0.2, 0) is 20.7 Å². The van der Waals surface area contributed by atoms with Crippen molar-refractivity contribution in [1.82, 2.24) is 0 Å². The molecule has 174 valence electrons. The number of benzene rings is 1. The molecular weight excluding hydrogens is 412 g/mol. The van der Waals surface area contributed by atoms with E-state index in [1.807, 2.05) is 71.9 Å². The number of hydrogen-bond donors (Lipinski definition) is 1. The Morgan fingerprint density at radius 1 is 0.906 bits per heavy atom. The molecule has 1 amide bonds. The first-order valence-electron chi connectivity index (χ1n) is 10.3. The molecule has 0 radical (unpaired) electrons. The summed E-state index contributed by atoms with van der Waals surface area (Å²) in [5, 5.41) is 3.09. The summed E-state index contributed by atoms with van der Waals surface area (Å²) >= 11 is 0. The van der Waals surface area contributed by atoms with E-state index in [0.717, 1.165) is 5.56 Å². The molecule has 0 bridgehead atoms. The summed E-state index contributed by atoms with van der Waals surface area (Å²) in [4.78, 5) is 40.3. The SMILES string of the molecule is COC(=O)c1c(NC(C)(C)C)oc(N(C(=O)Cc2ccccc2)C(C)(C)C)c1C(=O)OC. The monoisotopic (exact) mass is 444 g/mol. The minimum Gasteiger partial charge on any atom is -0.465 e. The van der Waals surface area contributed by atoms with Crippen molar-refractivity contribution in [2.24, 2.45) is 0 Å². The number of carbonyl (C=O) groups excluding carboxylic acids is 3. The molecule has 0 unspecified atom stereocenters. The molecule has 1 N–H and O–H groups in total. The lowest BCUT2D eigenvalue weighted by atomic mass is 10.0. The van der Waals surface area contributed by atoms with Crippen LogP contribution in [0, 0.1) is 0 Å². The maximum Gasteiger partial charge on any atom is 0.344 e. The fourth-order valence-corrected chi connectivity index (χ4v) is 3.24. The molecule has 1 heterocycles. The highest BCUT2D eigenvalue weighted by atomic mass is 16.5. The fraction of sp³-hybridized carbons (Fsp3) is 0.458. The summed E-state index contributed by atoms with van der Waals surface area (Å²) in [5.74, 6) is -1.94. The number of esters is 2. The first-order valence-corrected chi connectivity index (χ1v) is 10.3. The van der Waals surface area contributed by atoms with E-state index in [9.17, 15) is 14.4 Å². The van der Waals surface area contributed by atoms with Crippen LogP contribution in [0.2, 0.25) is 0 Å². The second-order valence-corrected chi connectivity index (χ2v) is 9.41. The Kier molecular flexibility index (Phi) is 7.38. The first kappa shape index (κ1) is 25.0. The Balaban J connectivity index is 2.75. The standard InChI is InChI=1S/C24H32N2O6/c1-23(2,3)25-19-17(21(28)30-7)18(22(29)31-8)20(32-19)26(24(4,5)6)16(27)14-15-12-10-9-11-13-15/h9-13,25H,14H2,1-8H3. The van der Waals surface area contributed by atoms with E-state index in [2.05, 4.69) is 5.32 Å². The highest BCUT2D eigenvalue weighted by Crippen LogP contribution is 2.39. The normalized spacial score (nSPS) is 11.6. The number of nitrogens with one attached hydrogen (secondary N) is 1. The van der Waals surface area contributed by atoms with Crippen LogP contribution in [-0.4, -0.2) is 43.1 Å². The largest absolute Gasteiger partial charge is 0.465 e. The van der Waals surface area contributed by atoms with Crippen molar-refractivity contribution in [2.45, 2.75) is 59.0 Å². The molecule has 0 saturated carbocycles. The molecule has 8 nitrogen and oxygen atoms in total. The molecule has 1 aromatic carbocycles. The molecule has 0 aliphatic heterocycles. The van der Waals surface area contributed by atoms with Gasteiger partial charge >= 0.3 is 11.9 Å². The van der Waals surface area contributed by atoms with Gasteiger partial charge in [0.25, 0.3) is 0 Å². The van der Waals surface area contributed by atoms with Crippen molar-refractivity contribution < 1.29 is 28.3 Å². The van der Waals surface area contributed by atoms with E-state index in [1.54, 1.807) is 0 Å². The van der Waals surface area contributed by atoms with Crippen molar-refractivity contribution in [1.29, 1.82) is 0 Å². The number of rotatable bonds is 6. The fourth-order valence-electron chi connectivity index (χ4n) is 3.24. The minimum atomic E-state index is -0.812. The van der Waals surface area contributed by atoms with Crippen molar-refractivity contribution >= 4 is 29.6 Å². The van der Waals surface area contributed by atoms with Crippen LogP contribution in [0.25, 0.3) is 0 Å². The lowest BCUT2D eigenvalue weighted by Crippen LogP contribution is -2.47. The molecule has 0 aliphatic rings. The summed E-state index contributed by atoms with van der Waals surface area (Å²) in [7, 11) is 2.41. The highest BCUT2D eigenvalue weighted by Gasteiger charge is 2.40. The zero-order valence-corrected chi connectivity index (χ0v) is 20.0. The Hall–Kier alpha value is -3.29. The Morgan fingerprint density at radius 3 is 1.91 bits per heavy atom. The average Bonchev–Trinajstić information content (AvgIpc) is 3.02. The van der Waals surface area contributed by atoms with Crippen molar-refractivity contribution in [3.63, 3.8) is 0 Å². The quantitative estimate of drug-likeness (QED) is 0.658. The molecule has 0 fully saturated rings. The van der Waals surface area contributed by atoms with Gasteiger partial charge in [-0.25, -0.2) is 9.59 Å². The van der Waals surface area contributed by atoms with Crippen LogP contribution in [0.4, 0.5) is 11.8 Å². The highest BCUT2D eigenvalue weighted by molar-refractivity contribution is 6.12. The molecular formula is C24H32N2O6. The Morgan fingerprint density at radius 2 is 1.44 bits per heavy atom. The van der Waals surface area contributed by atoms with Crippen LogP contribution >= 0.6 is 0 Å². The van der Waals surface area contributed by atoms with E-state index in [1.165, 1.54) is 19.1 Å². The predicted molar refractivity (Wildman–Crippen MR) is 122 cm³/mol. The maximum absolute atomic E-state index is 13.4. The second kappa shape index (κ2) is 9.46.